The molecule has 0 saturated carbocycles. The van der Waals surface area contributed by atoms with E-state index in [1.165, 1.54) is 16.2 Å². The molecule has 3 rings (SSSR count). The van der Waals surface area contributed by atoms with Gasteiger partial charge in [0.05, 0.1) is 17.1 Å². The van der Waals surface area contributed by atoms with Gasteiger partial charge < -0.3 is 5.32 Å². The lowest BCUT2D eigenvalue weighted by atomic mass is 10.1. The maximum Gasteiger partial charge on any atom is 0.225 e. The lowest BCUT2D eigenvalue weighted by Crippen LogP contribution is -2.15. The first-order chi connectivity index (χ1) is 12.5. The summed E-state index contributed by atoms with van der Waals surface area (Å²) in [6.07, 6.45) is 3.31. The second-order valence-electron chi connectivity index (χ2n) is 6.40. The molecule has 5 nitrogen and oxygen atoms in total. The summed E-state index contributed by atoms with van der Waals surface area (Å²) < 4.78 is 24.3. The monoisotopic (exact) mass is 388 g/mol. The van der Waals surface area contributed by atoms with E-state index in [0.29, 0.717) is 10.6 Å². The molecule has 1 heterocycles. The third-order valence-electron chi connectivity index (χ3n) is 4.37. The number of anilines is 1. The van der Waals surface area contributed by atoms with Crippen molar-refractivity contribution in [3.8, 4) is 6.07 Å². The lowest BCUT2D eigenvalue weighted by molar-refractivity contribution is -0.116. The first-order valence-corrected chi connectivity index (χ1v) is 11.2. The van der Waals surface area contributed by atoms with Gasteiger partial charge in [-0.25, -0.2) is 8.42 Å². The Hall–Kier alpha value is -2.17. The molecule has 0 fully saturated rings. The summed E-state index contributed by atoms with van der Waals surface area (Å²) in [6, 6.07) is 11.2. The fourth-order valence-corrected chi connectivity index (χ4v) is 5.84. The van der Waals surface area contributed by atoms with E-state index in [-0.39, 0.29) is 30.3 Å². The normalized spacial score (nSPS) is 13.2. The molecule has 1 N–H and O–H groups in total. The Morgan fingerprint density at radius 2 is 2.00 bits per heavy atom. The summed E-state index contributed by atoms with van der Waals surface area (Å²) in [5, 5.41) is 12.7. The van der Waals surface area contributed by atoms with Crippen LogP contribution in [0.4, 0.5) is 5.00 Å². The van der Waals surface area contributed by atoms with Crippen molar-refractivity contribution in [2.75, 3.05) is 11.1 Å². The van der Waals surface area contributed by atoms with Gasteiger partial charge in [-0.3, -0.25) is 4.79 Å². The van der Waals surface area contributed by atoms with Crippen molar-refractivity contribution in [2.24, 2.45) is 0 Å². The second kappa shape index (κ2) is 8.02. The summed E-state index contributed by atoms with van der Waals surface area (Å²) in [5.41, 5.74) is 2.40. The van der Waals surface area contributed by atoms with Gasteiger partial charge in [0.2, 0.25) is 5.91 Å². The highest BCUT2D eigenvalue weighted by atomic mass is 32.2. The van der Waals surface area contributed by atoms with Crippen molar-refractivity contribution in [1.29, 1.82) is 5.26 Å². The van der Waals surface area contributed by atoms with Crippen LogP contribution in [-0.2, 0) is 33.2 Å². The Bertz CT molecular complexity index is 941. The number of carbonyl (C=O) groups is 1. The van der Waals surface area contributed by atoms with Gasteiger partial charge in [0.15, 0.2) is 9.84 Å². The van der Waals surface area contributed by atoms with Crippen LogP contribution in [0.25, 0.3) is 0 Å². The lowest BCUT2D eigenvalue weighted by Gasteiger charge is -2.06. The summed E-state index contributed by atoms with van der Waals surface area (Å²) in [5.74, 6) is -0.274. The predicted molar refractivity (Wildman–Crippen MR) is 103 cm³/mol. The molecule has 0 atom stereocenters. The molecule has 0 unspecified atom stereocenters. The number of carbonyl (C=O) groups excluding carboxylic acids is 1. The van der Waals surface area contributed by atoms with Crippen LogP contribution in [0.2, 0.25) is 0 Å². The number of rotatable bonds is 7. The molecule has 7 heteroatoms. The second-order valence-corrected chi connectivity index (χ2v) is 9.69. The Balaban J connectivity index is 1.51. The smallest absolute Gasteiger partial charge is 0.225 e. The molecular weight excluding hydrogens is 368 g/mol. The van der Waals surface area contributed by atoms with E-state index in [1.54, 1.807) is 12.1 Å². The van der Waals surface area contributed by atoms with Crippen molar-refractivity contribution in [1.82, 2.24) is 0 Å². The van der Waals surface area contributed by atoms with Crippen molar-refractivity contribution in [3.05, 3.63) is 51.9 Å². The minimum absolute atomic E-state index is 0.00825. The topological polar surface area (TPSA) is 87.0 Å². The fourth-order valence-electron chi connectivity index (χ4n) is 3.15. The van der Waals surface area contributed by atoms with E-state index in [4.69, 9.17) is 0 Å². The van der Waals surface area contributed by atoms with Crippen LogP contribution >= 0.6 is 11.3 Å². The van der Waals surface area contributed by atoms with E-state index < -0.39 is 9.84 Å². The van der Waals surface area contributed by atoms with Crippen LogP contribution in [0.3, 0.4) is 0 Å². The van der Waals surface area contributed by atoms with Gasteiger partial charge >= 0.3 is 0 Å². The first-order valence-electron chi connectivity index (χ1n) is 8.57. The number of thiophene rings is 1. The Morgan fingerprint density at radius 1 is 1.23 bits per heavy atom. The van der Waals surface area contributed by atoms with E-state index >= 15 is 0 Å². The number of hydrogen-bond donors (Lipinski definition) is 1. The van der Waals surface area contributed by atoms with Gasteiger partial charge in [-0.1, -0.05) is 30.3 Å². The molecule has 136 valence electrons. The number of sulfone groups is 1. The zero-order valence-corrected chi connectivity index (χ0v) is 16.0. The van der Waals surface area contributed by atoms with E-state index in [0.717, 1.165) is 30.4 Å². The molecule has 1 aliphatic rings. The Morgan fingerprint density at radius 3 is 2.73 bits per heavy atom. The highest BCUT2D eigenvalue weighted by Crippen LogP contribution is 2.38. The Kier molecular flexibility index (Phi) is 5.74. The molecule has 0 radical (unpaired) electrons. The molecule has 2 aromatic rings. The molecular formula is C19H20N2O3S2. The van der Waals surface area contributed by atoms with Gasteiger partial charge in [-0.15, -0.1) is 11.3 Å². The van der Waals surface area contributed by atoms with Crippen LogP contribution in [0.15, 0.2) is 30.3 Å². The quantitative estimate of drug-likeness (QED) is 0.787. The van der Waals surface area contributed by atoms with Gasteiger partial charge in [-0.05, 0) is 36.8 Å². The molecule has 1 amide bonds. The van der Waals surface area contributed by atoms with Crippen LogP contribution < -0.4 is 5.32 Å². The van der Waals surface area contributed by atoms with Crippen LogP contribution in [0.5, 0.6) is 0 Å². The average molecular weight is 389 g/mol. The number of nitriles is 1. The molecule has 0 saturated heterocycles. The predicted octanol–water partition coefficient (Wildman–Crippen LogP) is 3.44. The third-order valence-corrected chi connectivity index (χ3v) is 7.27. The zero-order chi connectivity index (χ0) is 18.6. The third kappa shape index (κ3) is 4.51. The molecule has 1 aromatic carbocycles. The Labute approximate surface area is 157 Å². The molecule has 0 aliphatic heterocycles. The van der Waals surface area contributed by atoms with Crippen molar-refractivity contribution >= 4 is 32.1 Å². The molecule has 1 aromatic heterocycles. The maximum absolute atomic E-state index is 12.2. The fraction of sp³-hybridized carbons (Fsp3) is 0.368. The van der Waals surface area contributed by atoms with Crippen LogP contribution in [0.1, 0.15) is 40.8 Å². The van der Waals surface area contributed by atoms with E-state index in [2.05, 4.69) is 11.4 Å². The minimum Gasteiger partial charge on any atom is -0.317 e. The number of benzene rings is 1. The summed E-state index contributed by atoms with van der Waals surface area (Å²) in [6.45, 7) is 0. The number of amides is 1. The highest BCUT2D eigenvalue weighted by molar-refractivity contribution is 7.90. The zero-order valence-electron chi connectivity index (χ0n) is 14.3. The van der Waals surface area contributed by atoms with Gasteiger partial charge in [0.25, 0.3) is 0 Å². The maximum atomic E-state index is 12.2. The average Bonchev–Trinajstić information content (AvgIpc) is 3.15. The molecule has 0 spiro atoms. The number of aryl methyl sites for hydroxylation is 1. The highest BCUT2D eigenvalue weighted by Gasteiger charge is 2.23. The minimum atomic E-state index is -3.24. The summed E-state index contributed by atoms with van der Waals surface area (Å²) in [4.78, 5) is 13.3. The van der Waals surface area contributed by atoms with Crippen LogP contribution in [0, 0.1) is 11.3 Å². The van der Waals surface area contributed by atoms with Gasteiger partial charge in [-0.2, -0.15) is 5.26 Å². The van der Waals surface area contributed by atoms with Crippen LogP contribution in [-0.4, -0.2) is 20.1 Å². The molecule has 26 heavy (non-hydrogen) atoms. The number of hydrogen-bond acceptors (Lipinski definition) is 5. The SMILES string of the molecule is N#Cc1c(NC(=O)CCCS(=O)(=O)Cc2ccccc2)sc2c1CCC2. The summed E-state index contributed by atoms with van der Waals surface area (Å²) >= 11 is 1.47. The standard InChI is InChI=1S/C19H20N2O3S2/c20-12-16-15-8-4-9-17(15)25-19(16)21-18(22)10-5-11-26(23,24)13-14-6-2-1-3-7-14/h1-3,6-7H,4-5,8-11,13H2,(H,21,22). The van der Waals surface area contributed by atoms with Crippen molar-refractivity contribution < 1.29 is 13.2 Å². The van der Waals surface area contributed by atoms with E-state index in [1.807, 2.05) is 18.2 Å². The molecule has 0 bridgehead atoms. The number of fused-ring (bicyclic) bond motifs is 1. The number of nitrogens with one attached hydrogen (secondary N) is 1. The first kappa shape index (κ1) is 18.6. The van der Waals surface area contributed by atoms with Gasteiger partial charge in [0.1, 0.15) is 11.1 Å². The largest absolute Gasteiger partial charge is 0.317 e. The van der Waals surface area contributed by atoms with Gasteiger partial charge in [0, 0.05) is 11.3 Å². The number of nitrogens with zero attached hydrogens (tertiary/aromatic N) is 1. The van der Waals surface area contributed by atoms with Crippen molar-refractivity contribution in [2.45, 2.75) is 37.9 Å². The molecule has 1 aliphatic carbocycles. The summed E-state index contributed by atoms with van der Waals surface area (Å²) in [7, 11) is -3.24. The van der Waals surface area contributed by atoms with E-state index in [9.17, 15) is 18.5 Å². The van der Waals surface area contributed by atoms with Crippen molar-refractivity contribution in [3.63, 3.8) is 0 Å².